The molecule has 29 heavy (non-hydrogen) atoms. The van der Waals surface area contributed by atoms with E-state index in [1.165, 1.54) is 26.4 Å². The van der Waals surface area contributed by atoms with Crippen molar-refractivity contribution >= 4 is 39.3 Å². The van der Waals surface area contributed by atoms with Gasteiger partial charge >= 0.3 is 0 Å². The summed E-state index contributed by atoms with van der Waals surface area (Å²) >= 11 is 9.38. The van der Waals surface area contributed by atoms with E-state index in [2.05, 4.69) is 15.9 Å². The van der Waals surface area contributed by atoms with Crippen LogP contribution in [0.15, 0.2) is 34.8 Å². The summed E-state index contributed by atoms with van der Waals surface area (Å²) in [6.07, 6.45) is 0. The molecule has 1 saturated heterocycles. The van der Waals surface area contributed by atoms with Crippen molar-refractivity contribution in [3.63, 3.8) is 0 Å². The highest BCUT2D eigenvalue weighted by Crippen LogP contribution is 2.36. The van der Waals surface area contributed by atoms with E-state index in [9.17, 15) is 14.0 Å². The number of carbonyl (C=O) groups is 2. The Hall–Kier alpha value is -2.32. The first-order valence-electron chi connectivity index (χ1n) is 8.80. The highest BCUT2D eigenvalue weighted by molar-refractivity contribution is 9.10. The normalized spacial score (nSPS) is 14.0. The van der Waals surface area contributed by atoms with Gasteiger partial charge in [0.1, 0.15) is 21.8 Å². The van der Waals surface area contributed by atoms with Crippen LogP contribution >= 0.6 is 27.5 Å². The highest BCUT2D eigenvalue weighted by Gasteiger charge is 2.27. The molecule has 6 nitrogen and oxygen atoms in total. The summed E-state index contributed by atoms with van der Waals surface area (Å²) in [6, 6.07) is 6.98. The SMILES string of the molecule is COc1cc(C(=O)N2CCN(C(=O)c3ccc(F)cc3Cl)CC2)cc(OC)c1Br. The quantitative estimate of drug-likeness (QED) is 0.660. The van der Waals surface area contributed by atoms with Gasteiger partial charge in [-0.1, -0.05) is 11.6 Å². The molecule has 0 N–H and O–H groups in total. The smallest absolute Gasteiger partial charge is 0.255 e. The first-order valence-corrected chi connectivity index (χ1v) is 9.98. The van der Waals surface area contributed by atoms with Crippen molar-refractivity contribution in [1.29, 1.82) is 0 Å². The maximum Gasteiger partial charge on any atom is 0.255 e. The fourth-order valence-corrected chi connectivity index (χ4v) is 3.92. The number of hydrogen-bond acceptors (Lipinski definition) is 4. The molecule has 0 aromatic heterocycles. The van der Waals surface area contributed by atoms with Crippen LogP contribution in [-0.4, -0.2) is 62.0 Å². The van der Waals surface area contributed by atoms with Crippen molar-refractivity contribution in [2.75, 3.05) is 40.4 Å². The standard InChI is InChI=1S/C20H19BrClFN2O4/c1-28-16-9-12(10-17(29-2)18(16)21)19(26)24-5-7-25(8-6-24)20(27)14-4-3-13(23)11-15(14)22/h3-4,9-11H,5-8H2,1-2H3. The minimum Gasteiger partial charge on any atom is -0.495 e. The van der Waals surface area contributed by atoms with E-state index in [-0.39, 0.29) is 22.4 Å². The molecule has 0 atom stereocenters. The van der Waals surface area contributed by atoms with Gasteiger partial charge in [-0.2, -0.15) is 0 Å². The van der Waals surface area contributed by atoms with E-state index < -0.39 is 5.82 Å². The number of piperazine rings is 1. The molecule has 1 heterocycles. The van der Waals surface area contributed by atoms with Crippen molar-refractivity contribution in [2.24, 2.45) is 0 Å². The summed E-state index contributed by atoms with van der Waals surface area (Å²) in [4.78, 5) is 28.8. The van der Waals surface area contributed by atoms with Crippen LogP contribution in [0.3, 0.4) is 0 Å². The lowest BCUT2D eigenvalue weighted by atomic mass is 10.1. The Balaban J connectivity index is 1.70. The molecular weight excluding hydrogens is 467 g/mol. The Morgan fingerprint density at radius 2 is 1.48 bits per heavy atom. The molecular formula is C20H19BrClFN2O4. The predicted octanol–water partition coefficient (Wildman–Crippen LogP) is 3.86. The Labute approximate surface area is 181 Å². The molecule has 1 aliphatic rings. The number of rotatable bonds is 4. The molecule has 2 aromatic carbocycles. The minimum atomic E-state index is -0.498. The average Bonchev–Trinajstić information content (AvgIpc) is 2.73. The van der Waals surface area contributed by atoms with Crippen LogP contribution in [0, 0.1) is 5.82 Å². The van der Waals surface area contributed by atoms with Gasteiger partial charge in [-0.05, 0) is 46.3 Å². The molecule has 2 aromatic rings. The number of amides is 2. The summed E-state index contributed by atoms with van der Waals surface area (Å²) in [7, 11) is 3.03. The summed E-state index contributed by atoms with van der Waals surface area (Å²) in [6.45, 7) is 1.43. The summed E-state index contributed by atoms with van der Waals surface area (Å²) < 4.78 is 24.4. The molecule has 0 unspecified atom stereocenters. The number of nitrogens with zero attached hydrogens (tertiary/aromatic N) is 2. The van der Waals surface area contributed by atoms with Crippen LogP contribution in [-0.2, 0) is 0 Å². The second kappa shape index (κ2) is 9.00. The van der Waals surface area contributed by atoms with Gasteiger partial charge in [0.25, 0.3) is 11.8 Å². The van der Waals surface area contributed by atoms with E-state index in [1.807, 2.05) is 0 Å². The number of carbonyl (C=O) groups excluding carboxylic acids is 2. The maximum atomic E-state index is 13.2. The zero-order valence-corrected chi connectivity index (χ0v) is 18.2. The van der Waals surface area contributed by atoms with Crippen LogP contribution in [0.2, 0.25) is 5.02 Å². The first kappa shape index (κ1) is 21.4. The van der Waals surface area contributed by atoms with E-state index >= 15 is 0 Å². The predicted molar refractivity (Wildman–Crippen MR) is 110 cm³/mol. The molecule has 0 saturated carbocycles. The third-order valence-electron chi connectivity index (χ3n) is 4.71. The molecule has 3 rings (SSSR count). The van der Waals surface area contributed by atoms with Gasteiger partial charge in [0, 0.05) is 31.7 Å². The Bertz CT molecular complexity index is 923. The Morgan fingerprint density at radius 1 is 0.966 bits per heavy atom. The van der Waals surface area contributed by atoms with Crippen molar-refractivity contribution in [3.8, 4) is 11.5 Å². The van der Waals surface area contributed by atoms with Crippen LogP contribution in [0.1, 0.15) is 20.7 Å². The lowest BCUT2D eigenvalue weighted by Crippen LogP contribution is -2.50. The van der Waals surface area contributed by atoms with E-state index in [4.69, 9.17) is 21.1 Å². The van der Waals surface area contributed by atoms with E-state index in [1.54, 1.807) is 21.9 Å². The van der Waals surface area contributed by atoms with Gasteiger partial charge in [0.2, 0.25) is 0 Å². The lowest BCUT2D eigenvalue weighted by Gasteiger charge is -2.35. The molecule has 1 aliphatic heterocycles. The van der Waals surface area contributed by atoms with Gasteiger partial charge in [-0.25, -0.2) is 4.39 Å². The second-order valence-electron chi connectivity index (χ2n) is 6.40. The second-order valence-corrected chi connectivity index (χ2v) is 7.60. The zero-order valence-electron chi connectivity index (χ0n) is 15.9. The average molecular weight is 486 g/mol. The minimum absolute atomic E-state index is 0.0718. The first-order chi connectivity index (χ1) is 13.8. The lowest BCUT2D eigenvalue weighted by molar-refractivity contribution is 0.0535. The van der Waals surface area contributed by atoms with Crippen molar-refractivity contribution in [3.05, 3.63) is 56.8 Å². The van der Waals surface area contributed by atoms with Gasteiger partial charge in [-0.3, -0.25) is 9.59 Å². The Morgan fingerprint density at radius 3 is 1.97 bits per heavy atom. The van der Waals surface area contributed by atoms with Gasteiger partial charge in [0.15, 0.2) is 0 Å². The Kier molecular flexibility index (Phi) is 6.64. The largest absolute Gasteiger partial charge is 0.495 e. The molecule has 2 amide bonds. The van der Waals surface area contributed by atoms with E-state index in [0.29, 0.717) is 47.7 Å². The van der Waals surface area contributed by atoms with Crippen LogP contribution in [0.25, 0.3) is 0 Å². The van der Waals surface area contributed by atoms with Crippen molar-refractivity contribution < 1.29 is 23.5 Å². The maximum absolute atomic E-state index is 13.2. The third kappa shape index (κ3) is 4.48. The van der Waals surface area contributed by atoms with Crippen LogP contribution in [0.5, 0.6) is 11.5 Å². The van der Waals surface area contributed by atoms with Crippen LogP contribution in [0.4, 0.5) is 4.39 Å². The number of methoxy groups -OCH3 is 2. The fraction of sp³-hybridized carbons (Fsp3) is 0.300. The molecule has 0 radical (unpaired) electrons. The van der Waals surface area contributed by atoms with Gasteiger partial charge in [0.05, 0.1) is 24.8 Å². The number of halogens is 3. The summed E-state index contributed by atoms with van der Waals surface area (Å²) in [5.41, 5.74) is 0.679. The fourth-order valence-electron chi connectivity index (χ4n) is 3.12. The van der Waals surface area contributed by atoms with Crippen molar-refractivity contribution in [2.45, 2.75) is 0 Å². The third-order valence-corrected chi connectivity index (χ3v) is 5.80. The van der Waals surface area contributed by atoms with Crippen molar-refractivity contribution in [1.82, 2.24) is 9.80 Å². The summed E-state index contributed by atoms with van der Waals surface area (Å²) in [5, 5.41) is 0.0718. The number of hydrogen-bond donors (Lipinski definition) is 0. The molecule has 154 valence electrons. The monoisotopic (exact) mass is 484 g/mol. The topological polar surface area (TPSA) is 59.1 Å². The van der Waals surface area contributed by atoms with Gasteiger partial charge in [-0.15, -0.1) is 0 Å². The molecule has 0 bridgehead atoms. The molecule has 0 aliphatic carbocycles. The highest BCUT2D eigenvalue weighted by atomic mass is 79.9. The zero-order chi connectivity index (χ0) is 21.1. The van der Waals surface area contributed by atoms with Crippen LogP contribution < -0.4 is 9.47 Å². The summed E-state index contributed by atoms with van der Waals surface area (Å²) in [5.74, 6) is 0.0253. The molecule has 0 spiro atoms. The molecule has 9 heteroatoms. The molecule has 1 fully saturated rings. The number of benzene rings is 2. The van der Waals surface area contributed by atoms with Gasteiger partial charge < -0.3 is 19.3 Å². The number of ether oxygens (including phenoxy) is 2. The van der Waals surface area contributed by atoms with E-state index in [0.717, 1.165) is 6.07 Å².